The molecule has 0 saturated heterocycles. The molecule has 0 spiro atoms. The molecule has 1 unspecified atom stereocenters. The molecule has 0 amide bonds. The number of dihydropyridines is 1. The maximum absolute atomic E-state index is 13.7. The van der Waals surface area contributed by atoms with E-state index in [0.29, 0.717) is 0 Å². The Morgan fingerprint density at radius 2 is 1.97 bits per heavy atom. The molecule has 156 valence electrons. The molecule has 0 radical (unpaired) electrons. The highest BCUT2D eigenvalue weighted by molar-refractivity contribution is 6.31. The summed E-state index contributed by atoms with van der Waals surface area (Å²) in [5.74, 6) is -2.88. The molecule has 1 aromatic carbocycles. The molecule has 29 heavy (non-hydrogen) atoms. The number of nitrogens with zero attached hydrogens (tertiary/aromatic N) is 1. The molecule has 1 aliphatic rings. The fourth-order valence-electron chi connectivity index (χ4n) is 3.08. The van der Waals surface area contributed by atoms with E-state index in [1.807, 2.05) is 0 Å². The van der Waals surface area contributed by atoms with E-state index in [2.05, 4.69) is 5.32 Å². The van der Waals surface area contributed by atoms with Crippen LogP contribution in [0.1, 0.15) is 32.3 Å². The molecule has 0 aromatic heterocycles. The summed E-state index contributed by atoms with van der Waals surface area (Å²) < 4.78 is 23.8. The lowest BCUT2D eigenvalue weighted by molar-refractivity contribution is -0.384. The van der Waals surface area contributed by atoms with Gasteiger partial charge in [0.05, 0.1) is 40.9 Å². The number of halogens is 2. The normalized spacial score (nSPS) is 16.6. The SMILES string of the molecule is COC(=O)C1=C(CF)NC(C)=C(C(=O)OC(C)C)C1c1cc([N+](=O)[O-])ccc1Cl. The number of carbonyl (C=O) groups excluding carboxylic acids is 2. The number of hydrogen-bond acceptors (Lipinski definition) is 7. The van der Waals surface area contributed by atoms with Gasteiger partial charge < -0.3 is 14.8 Å². The Morgan fingerprint density at radius 3 is 2.48 bits per heavy atom. The van der Waals surface area contributed by atoms with Crippen LogP contribution >= 0.6 is 11.6 Å². The molecule has 2 rings (SSSR count). The van der Waals surface area contributed by atoms with Gasteiger partial charge in [0.25, 0.3) is 5.69 Å². The van der Waals surface area contributed by atoms with E-state index in [-0.39, 0.29) is 38.8 Å². The molecule has 8 nitrogen and oxygen atoms in total. The van der Waals surface area contributed by atoms with Crippen molar-refractivity contribution in [2.45, 2.75) is 32.8 Å². The summed E-state index contributed by atoms with van der Waals surface area (Å²) in [6, 6.07) is 3.61. The molecular formula is C19H20ClFN2O6. The third kappa shape index (κ3) is 4.56. The highest BCUT2D eigenvalue weighted by Crippen LogP contribution is 2.43. The number of ether oxygens (including phenoxy) is 2. The van der Waals surface area contributed by atoms with Crippen molar-refractivity contribution in [3.8, 4) is 0 Å². The molecular weight excluding hydrogens is 407 g/mol. The number of hydrogen-bond donors (Lipinski definition) is 1. The third-order valence-corrected chi connectivity index (χ3v) is 4.59. The zero-order valence-corrected chi connectivity index (χ0v) is 17.0. The molecule has 0 saturated carbocycles. The van der Waals surface area contributed by atoms with Crippen molar-refractivity contribution >= 4 is 29.2 Å². The van der Waals surface area contributed by atoms with Gasteiger partial charge in [-0.3, -0.25) is 10.1 Å². The number of nitro benzene ring substituents is 1. The number of carbonyl (C=O) groups is 2. The van der Waals surface area contributed by atoms with Gasteiger partial charge in [0, 0.05) is 22.9 Å². The van der Waals surface area contributed by atoms with Crippen LogP contribution in [0.3, 0.4) is 0 Å². The maximum Gasteiger partial charge on any atom is 0.337 e. The Kier molecular flexibility index (Phi) is 6.97. The number of esters is 2. The van der Waals surface area contributed by atoms with E-state index in [1.165, 1.54) is 19.1 Å². The second kappa shape index (κ2) is 9.04. The Balaban J connectivity index is 2.82. The van der Waals surface area contributed by atoms with Crippen molar-refractivity contribution in [2.24, 2.45) is 0 Å². The number of non-ortho nitro benzene ring substituents is 1. The Bertz CT molecular complexity index is 925. The van der Waals surface area contributed by atoms with Crippen LogP contribution in [0.4, 0.5) is 10.1 Å². The summed E-state index contributed by atoms with van der Waals surface area (Å²) in [5.41, 5.74) is -0.323. The molecule has 1 aliphatic heterocycles. The minimum absolute atomic E-state index is 0.0151. The predicted octanol–water partition coefficient (Wildman–Crippen LogP) is 3.56. The van der Waals surface area contributed by atoms with Crippen LogP contribution in [0.5, 0.6) is 0 Å². The lowest BCUT2D eigenvalue weighted by Crippen LogP contribution is -2.34. The minimum atomic E-state index is -1.21. The van der Waals surface area contributed by atoms with Gasteiger partial charge in [0.2, 0.25) is 0 Å². The van der Waals surface area contributed by atoms with Gasteiger partial charge in [-0.05, 0) is 32.4 Å². The Hall–Kier alpha value is -2.94. The molecule has 1 heterocycles. The van der Waals surface area contributed by atoms with Crippen molar-refractivity contribution in [3.05, 3.63) is 61.4 Å². The van der Waals surface area contributed by atoms with E-state index in [1.54, 1.807) is 13.8 Å². The average molecular weight is 427 g/mol. The van der Waals surface area contributed by atoms with Crippen molar-refractivity contribution in [1.82, 2.24) is 5.32 Å². The van der Waals surface area contributed by atoms with Gasteiger partial charge in [0.1, 0.15) is 6.67 Å². The minimum Gasteiger partial charge on any atom is -0.466 e. The van der Waals surface area contributed by atoms with Gasteiger partial charge in [-0.25, -0.2) is 14.0 Å². The lowest BCUT2D eigenvalue weighted by Gasteiger charge is -2.31. The number of allylic oxidation sites excluding steroid dienone is 2. The Morgan fingerprint density at radius 1 is 1.31 bits per heavy atom. The second-order valence-electron chi connectivity index (χ2n) is 6.53. The van der Waals surface area contributed by atoms with Crippen LogP contribution in [0, 0.1) is 10.1 Å². The highest BCUT2D eigenvalue weighted by atomic mass is 35.5. The van der Waals surface area contributed by atoms with Crippen molar-refractivity contribution in [3.63, 3.8) is 0 Å². The largest absolute Gasteiger partial charge is 0.466 e. The molecule has 1 atom stereocenters. The number of nitro groups is 1. The zero-order chi connectivity index (χ0) is 21.9. The smallest absolute Gasteiger partial charge is 0.337 e. The first-order chi connectivity index (χ1) is 13.6. The fraction of sp³-hybridized carbons (Fsp3) is 0.368. The summed E-state index contributed by atoms with van der Waals surface area (Å²) in [5, 5.41) is 14.0. The maximum atomic E-state index is 13.7. The monoisotopic (exact) mass is 426 g/mol. The lowest BCUT2D eigenvalue weighted by atomic mass is 9.80. The summed E-state index contributed by atoms with van der Waals surface area (Å²) in [6.45, 7) is 3.74. The third-order valence-electron chi connectivity index (χ3n) is 4.25. The fourth-order valence-corrected chi connectivity index (χ4v) is 3.30. The number of alkyl halides is 1. The van der Waals surface area contributed by atoms with Crippen LogP contribution < -0.4 is 5.32 Å². The van der Waals surface area contributed by atoms with Gasteiger partial charge in [-0.1, -0.05) is 11.6 Å². The highest BCUT2D eigenvalue weighted by Gasteiger charge is 2.40. The summed E-state index contributed by atoms with van der Waals surface area (Å²) in [7, 11) is 1.11. The first kappa shape index (κ1) is 22.4. The predicted molar refractivity (Wildman–Crippen MR) is 103 cm³/mol. The average Bonchev–Trinajstić information content (AvgIpc) is 2.65. The molecule has 0 aliphatic carbocycles. The van der Waals surface area contributed by atoms with Crippen molar-refractivity contribution < 1.29 is 28.4 Å². The Labute approximate surface area is 171 Å². The number of benzene rings is 1. The molecule has 0 fully saturated rings. The topological polar surface area (TPSA) is 108 Å². The summed E-state index contributed by atoms with van der Waals surface area (Å²) in [6.07, 6.45) is -0.475. The molecule has 10 heteroatoms. The van der Waals surface area contributed by atoms with E-state index < -0.39 is 35.6 Å². The number of methoxy groups -OCH3 is 1. The quantitative estimate of drug-likeness (QED) is 0.421. The van der Waals surface area contributed by atoms with Gasteiger partial charge in [-0.15, -0.1) is 0 Å². The van der Waals surface area contributed by atoms with Crippen molar-refractivity contribution in [1.29, 1.82) is 0 Å². The molecule has 1 N–H and O–H groups in total. The standard InChI is InChI=1S/C19H20ClFN2O6/c1-9(2)29-19(25)15-10(3)22-14(8-21)17(18(24)28-4)16(15)12-7-11(23(26)27)5-6-13(12)20/h5-7,9,16,22H,8H2,1-4H3. The van der Waals surface area contributed by atoms with Gasteiger partial charge in [0.15, 0.2) is 0 Å². The van der Waals surface area contributed by atoms with Gasteiger partial charge >= 0.3 is 11.9 Å². The first-order valence-corrected chi connectivity index (χ1v) is 9.00. The van der Waals surface area contributed by atoms with E-state index >= 15 is 0 Å². The summed E-state index contributed by atoms with van der Waals surface area (Å²) in [4.78, 5) is 35.9. The number of rotatable bonds is 6. The van der Waals surface area contributed by atoms with E-state index in [4.69, 9.17) is 21.1 Å². The van der Waals surface area contributed by atoms with Crippen LogP contribution in [0.15, 0.2) is 40.7 Å². The first-order valence-electron chi connectivity index (χ1n) is 8.62. The van der Waals surface area contributed by atoms with Crippen LogP contribution in [-0.4, -0.2) is 36.8 Å². The van der Waals surface area contributed by atoms with Crippen LogP contribution in [-0.2, 0) is 19.1 Å². The molecule has 0 bridgehead atoms. The van der Waals surface area contributed by atoms with Gasteiger partial charge in [-0.2, -0.15) is 0 Å². The van der Waals surface area contributed by atoms with Crippen LogP contribution in [0.25, 0.3) is 0 Å². The number of nitrogens with one attached hydrogen (secondary N) is 1. The zero-order valence-electron chi connectivity index (χ0n) is 16.2. The van der Waals surface area contributed by atoms with Crippen molar-refractivity contribution in [2.75, 3.05) is 13.8 Å². The van der Waals surface area contributed by atoms with Crippen LogP contribution in [0.2, 0.25) is 5.02 Å². The molecule has 1 aromatic rings. The summed E-state index contributed by atoms with van der Waals surface area (Å²) >= 11 is 6.28. The van der Waals surface area contributed by atoms with E-state index in [9.17, 15) is 24.1 Å². The van der Waals surface area contributed by atoms with E-state index in [0.717, 1.165) is 13.2 Å². The second-order valence-corrected chi connectivity index (χ2v) is 6.94.